The number of rotatable bonds is 8. The Hall–Kier alpha value is -3.48. The Morgan fingerprint density at radius 3 is 2.42 bits per heavy atom. The zero-order chi connectivity index (χ0) is 22.5. The summed E-state index contributed by atoms with van der Waals surface area (Å²) in [6.45, 7) is 2.38. The van der Waals surface area contributed by atoms with Gasteiger partial charge in [-0.25, -0.2) is 0 Å². The summed E-state index contributed by atoms with van der Waals surface area (Å²) in [6.07, 6.45) is 1.57. The van der Waals surface area contributed by atoms with Crippen molar-refractivity contribution in [1.82, 2.24) is 4.90 Å². The van der Waals surface area contributed by atoms with Crippen molar-refractivity contribution >= 4 is 17.4 Å². The molecule has 1 atom stereocenters. The first kappa shape index (κ1) is 22.2. The van der Waals surface area contributed by atoms with Crippen LogP contribution in [0.5, 0.6) is 17.2 Å². The third kappa shape index (κ3) is 4.08. The van der Waals surface area contributed by atoms with E-state index in [-0.39, 0.29) is 11.3 Å². The molecule has 0 aliphatic carbocycles. The van der Waals surface area contributed by atoms with Crippen molar-refractivity contribution in [3.8, 4) is 17.2 Å². The van der Waals surface area contributed by atoms with E-state index in [9.17, 15) is 14.7 Å². The topological polar surface area (TPSA) is 85.3 Å². The van der Waals surface area contributed by atoms with E-state index in [1.165, 1.54) is 26.2 Å². The SMILES string of the molecule is CCCCN1C(=O)C(=O)/C(=C(/O)c2cccc(OC)c2)C1c1cccc(OC)c1OC. The zero-order valence-electron chi connectivity index (χ0n) is 18.2. The number of aliphatic hydroxyl groups excluding tert-OH is 1. The second-order valence-electron chi connectivity index (χ2n) is 7.16. The van der Waals surface area contributed by atoms with Gasteiger partial charge in [0.15, 0.2) is 11.5 Å². The minimum atomic E-state index is -0.803. The van der Waals surface area contributed by atoms with Gasteiger partial charge < -0.3 is 24.2 Å². The van der Waals surface area contributed by atoms with Gasteiger partial charge in [-0.05, 0) is 24.6 Å². The molecular weight excluding hydrogens is 398 g/mol. The molecule has 1 unspecified atom stereocenters. The molecule has 1 saturated heterocycles. The van der Waals surface area contributed by atoms with Crippen LogP contribution in [-0.4, -0.2) is 49.6 Å². The number of hydrogen-bond acceptors (Lipinski definition) is 6. The molecule has 1 heterocycles. The van der Waals surface area contributed by atoms with Gasteiger partial charge in [0.25, 0.3) is 11.7 Å². The lowest BCUT2D eigenvalue weighted by Crippen LogP contribution is -2.30. The Balaban J connectivity index is 2.25. The van der Waals surface area contributed by atoms with Gasteiger partial charge in [-0.15, -0.1) is 0 Å². The minimum Gasteiger partial charge on any atom is -0.507 e. The lowest BCUT2D eigenvalue weighted by molar-refractivity contribution is -0.139. The highest BCUT2D eigenvalue weighted by Crippen LogP contribution is 2.45. The molecule has 3 rings (SSSR count). The van der Waals surface area contributed by atoms with E-state index in [2.05, 4.69) is 0 Å². The lowest BCUT2D eigenvalue weighted by Gasteiger charge is -2.27. The lowest BCUT2D eigenvalue weighted by atomic mass is 9.94. The molecule has 7 heteroatoms. The van der Waals surface area contributed by atoms with Crippen molar-refractivity contribution in [2.24, 2.45) is 0 Å². The highest BCUT2D eigenvalue weighted by molar-refractivity contribution is 6.46. The molecular formula is C24H27NO6. The Kier molecular flexibility index (Phi) is 6.84. The van der Waals surface area contributed by atoms with Crippen LogP contribution in [0.15, 0.2) is 48.0 Å². The standard InChI is InChI=1S/C24H27NO6/c1-5-6-13-25-20(17-11-8-12-18(30-3)23(17)31-4)19(22(27)24(25)28)21(26)15-9-7-10-16(14-15)29-2/h7-12,14,20,26H,5-6,13H2,1-4H3/b21-19+. The van der Waals surface area contributed by atoms with Gasteiger partial charge in [0.1, 0.15) is 11.5 Å². The number of unbranched alkanes of at least 4 members (excludes halogenated alkanes) is 1. The summed E-state index contributed by atoms with van der Waals surface area (Å²) in [5.74, 6) is -0.220. The second-order valence-corrected chi connectivity index (χ2v) is 7.16. The molecule has 1 N–H and O–H groups in total. The number of carbonyl (C=O) groups excluding carboxylic acids is 2. The Labute approximate surface area is 181 Å². The van der Waals surface area contributed by atoms with Crippen molar-refractivity contribution in [2.75, 3.05) is 27.9 Å². The maximum absolute atomic E-state index is 13.1. The number of ether oxygens (including phenoxy) is 3. The van der Waals surface area contributed by atoms with Crippen LogP contribution in [0.25, 0.3) is 5.76 Å². The third-order valence-electron chi connectivity index (χ3n) is 5.36. The molecule has 0 bridgehead atoms. The highest BCUT2D eigenvalue weighted by atomic mass is 16.5. The molecule has 1 aliphatic rings. The van der Waals surface area contributed by atoms with Crippen molar-refractivity contribution < 1.29 is 28.9 Å². The van der Waals surface area contributed by atoms with E-state index >= 15 is 0 Å². The van der Waals surface area contributed by atoms with Gasteiger partial charge in [0.2, 0.25) is 0 Å². The van der Waals surface area contributed by atoms with Crippen LogP contribution in [0.4, 0.5) is 0 Å². The number of carbonyl (C=O) groups is 2. The first-order chi connectivity index (χ1) is 15.0. The first-order valence-corrected chi connectivity index (χ1v) is 10.1. The van der Waals surface area contributed by atoms with Crippen LogP contribution in [0.1, 0.15) is 36.9 Å². The first-order valence-electron chi connectivity index (χ1n) is 10.1. The van der Waals surface area contributed by atoms with Gasteiger partial charge in [-0.2, -0.15) is 0 Å². The Bertz CT molecular complexity index is 1010. The summed E-state index contributed by atoms with van der Waals surface area (Å²) >= 11 is 0. The molecule has 7 nitrogen and oxygen atoms in total. The van der Waals surface area contributed by atoms with E-state index < -0.39 is 17.7 Å². The van der Waals surface area contributed by atoms with E-state index in [4.69, 9.17) is 14.2 Å². The largest absolute Gasteiger partial charge is 0.507 e. The van der Waals surface area contributed by atoms with Crippen molar-refractivity contribution in [1.29, 1.82) is 0 Å². The molecule has 2 aromatic carbocycles. The van der Waals surface area contributed by atoms with Gasteiger partial charge in [0, 0.05) is 17.7 Å². The zero-order valence-corrected chi connectivity index (χ0v) is 18.2. The van der Waals surface area contributed by atoms with Crippen LogP contribution >= 0.6 is 0 Å². The molecule has 1 fully saturated rings. The fourth-order valence-corrected chi connectivity index (χ4v) is 3.82. The van der Waals surface area contributed by atoms with Crippen LogP contribution in [0.3, 0.4) is 0 Å². The summed E-state index contributed by atoms with van der Waals surface area (Å²) in [5, 5.41) is 11.1. The average molecular weight is 425 g/mol. The monoisotopic (exact) mass is 425 g/mol. The minimum absolute atomic E-state index is 0.0147. The molecule has 164 valence electrons. The number of hydrogen-bond donors (Lipinski definition) is 1. The Morgan fingerprint density at radius 1 is 1.03 bits per heavy atom. The predicted molar refractivity (Wildman–Crippen MR) is 116 cm³/mol. The normalized spacial score (nSPS) is 17.7. The number of nitrogens with zero attached hydrogens (tertiary/aromatic N) is 1. The van der Waals surface area contributed by atoms with Crippen molar-refractivity contribution in [3.05, 3.63) is 59.2 Å². The Morgan fingerprint density at radius 2 is 1.77 bits per heavy atom. The van der Waals surface area contributed by atoms with Crippen molar-refractivity contribution in [2.45, 2.75) is 25.8 Å². The number of amides is 1. The summed E-state index contributed by atoms with van der Waals surface area (Å²) in [4.78, 5) is 27.5. The number of aliphatic hydroxyl groups is 1. The van der Waals surface area contributed by atoms with Crippen LogP contribution in [-0.2, 0) is 9.59 Å². The molecule has 0 saturated carbocycles. The highest BCUT2D eigenvalue weighted by Gasteiger charge is 2.47. The van der Waals surface area contributed by atoms with E-state index in [1.54, 1.807) is 42.5 Å². The molecule has 2 aromatic rings. The predicted octanol–water partition coefficient (Wildman–Crippen LogP) is 3.93. The fourth-order valence-electron chi connectivity index (χ4n) is 3.82. The van der Waals surface area contributed by atoms with Crippen LogP contribution < -0.4 is 14.2 Å². The molecule has 0 aromatic heterocycles. The molecule has 0 radical (unpaired) electrons. The smallest absolute Gasteiger partial charge is 0.295 e. The van der Waals surface area contributed by atoms with Crippen molar-refractivity contribution in [3.63, 3.8) is 0 Å². The van der Waals surface area contributed by atoms with E-state index in [0.717, 1.165) is 12.8 Å². The van der Waals surface area contributed by atoms with Gasteiger partial charge in [0.05, 0.1) is 32.9 Å². The summed E-state index contributed by atoms with van der Waals surface area (Å²) in [7, 11) is 4.54. The molecule has 0 spiro atoms. The van der Waals surface area contributed by atoms with Gasteiger partial charge >= 0.3 is 0 Å². The summed E-state index contributed by atoms with van der Waals surface area (Å²) < 4.78 is 16.2. The van der Waals surface area contributed by atoms with E-state index in [1.807, 2.05) is 6.92 Å². The maximum Gasteiger partial charge on any atom is 0.295 e. The average Bonchev–Trinajstić information content (AvgIpc) is 3.06. The number of likely N-dealkylation sites (tertiary alicyclic amines) is 1. The van der Waals surface area contributed by atoms with Gasteiger partial charge in [-0.3, -0.25) is 9.59 Å². The van der Waals surface area contributed by atoms with Crippen LogP contribution in [0, 0.1) is 0 Å². The maximum atomic E-state index is 13.1. The summed E-state index contributed by atoms with van der Waals surface area (Å²) in [6, 6.07) is 11.2. The number of para-hydroxylation sites is 1. The second kappa shape index (κ2) is 9.55. The van der Waals surface area contributed by atoms with Crippen LogP contribution in [0.2, 0.25) is 0 Å². The number of Topliss-reactive ketones (excluding diaryl/α,β-unsaturated/α-hetero) is 1. The number of benzene rings is 2. The fraction of sp³-hybridized carbons (Fsp3) is 0.333. The molecule has 1 amide bonds. The molecule has 31 heavy (non-hydrogen) atoms. The number of methoxy groups -OCH3 is 3. The molecule has 1 aliphatic heterocycles. The van der Waals surface area contributed by atoms with Gasteiger partial charge in [-0.1, -0.05) is 37.6 Å². The third-order valence-corrected chi connectivity index (χ3v) is 5.36. The summed E-state index contributed by atoms with van der Waals surface area (Å²) in [5.41, 5.74) is 0.974. The quantitative estimate of drug-likeness (QED) is 0.392. The van der Waals surface area contributed by atoms with E-state index in [0.29, 0.717) is 34.9 Å². The number of ketones is 1.